The Bertz CT molecular complexity index is 1190. The van der Waals surface area contributed by atoms with E-state index in [1.807, 2.05) is 28.7 Å². The molecule has 1 aliphatic rings. The SMILES string of the molecule is O=c1c2c(N3CCCC3)c(Br)ccc2n2cnnc2n1Cc1cccnc1. The number of halogens is 1. The van der Waals surface area contributed by atoms with Crippen LogP contribution in [-0.4, -0.2) is 37.2 Å². The van der Waals surface area contributed by atoms with Gasteiger partial charge in [0.25, 0.3) is 5.56 Å². The predicted octanol–water partition coefficient (Wildman–Crippen LogP) is 2.85. The average molecular weight is 425 g/mol. The van der Waals surface area contributed by atoms with E-state index in [9.17, 15) is 4.79 Å². The van der Waals surface area contributed by atoms with Gasteiger partial charge >= 0.3 is 0 Å². The number of anilines is 1. The van der Waals surface area contributed by atoms with Gasteiger partial charge in [-0.15, -0.1) is 10.2 Å². The van der Waals surface area contributed by atoms with Crippen LogP contribution < -0.4 is 10.5 Å². The third kappa shape index (κ3) is 2.63. The third-order valence-corrected chi connectivity index (χ3v) is 5.72. The minimum absolute atomic E-state index is 0.0578. The van der Waals surface area contributed by atoms with Gasteiger partial charge in [-0.2, -0.15) is 0 Å². The Hall–Kier alpha value is -2.74. The highest BCUT2D eigenvalue weighted by Gasteiger charge is 2.23. The molecular formula is C19H17BrN6O. The normalized spacial score (nSPS) is 14.5. The molecule has 0 bridgehead atoms. The first-order valence-electron chi connectivity index (χ1n) is 8.92. The summed E-state index contributed by atoms with van der Waals surface area (Å²) in [5.41, 5.74) is 2.68. The van der Waals surface area contributed by atoms with Gasteiger partial charge in [0.2, 0.25) is 5.78 Å². The Morgan fingerprint density at radius 1 is 1.15 bits per heavy atom. The van der Waals surface area contributed by atoms with Gasteiger partial charge in [-0.05, 0) is 52.5 Å². The molecule has 0 radical (unpaired) electrons. The van der Waals surface area contributed by atoms with Gasteiger partial charge in [-0.25, -0.2) is 0 Å². The lowest BCUT2D eigenvalue weighted by atomic mass is 10.1. The molecule has 1 fully saturated rings. The van der Waals surface area contributed by atoms with Crippen molar-refractivity contribution in [3.63, 3.8) is 0 Å². The molecule has 1 aliphatic heterocycles. The molecule has 1 saturated heterocycles. The molecule has 0 aliphatic carbocycles. The van der Waals surface area contributed by atoms with E-state index in [1.165, 1.54) is 0 Å². The molecular weight excluding hydrogens is 408 g/mol. The van der Waals surface area contributed by atoms with Crippen LogP contribution in [0.4, 0.5) is 5.69 Å². The zero-order chi connectivity index (χ0) is 18.4. The maximum absolute atomic E-state index is 13.6. The molecule has 3 aromatic heterocycles. The molecule has 0 amide bonds. The fourth-order valence-electron chi connectivity index (χ4n) is 3.84. The van der Waals surface area contributed by atoms with Crippen LogP contribution >= 0.6 is 15.9 Å². The van der Waals surface area contributed by atoms with Crippen molar-refractivity contribution in [2.45, 2.75) is 19.4 Å². The summed E-state index contributed by atoms with van der Waals surface area (Å²) < 4.78 is 4.51. The topological polar surface area (TPSA) is 68.3 Å². The number of aromatic nitrogens is 5. The first-order chi connectivity index (χ1) is 13.2. The molecule has 4 aromatic rings. The van der Waals surface area contributed by atoms with Crippen molar-refractivity contribution in [2.24, 2.45) is 0 Å². The van der Waals surface area contributed by atoms with Crippen LogP contribution in [0.15, 0.2) is 52.3 Å². The minimum Gasteiger partial charge on any atom is -0.370 e. The Morgan fingerprint density at radius 2 is 2.00 bits per heavy atom. The molecule has 8 heteroatoms. The van der Waals surface area contributed by atoms with Crippen LogP contribution in [0.2, 0.25) is 0 Å². The molecule has 4 heterocycles. The van der Waals surface area contributed by atoms with E-state index >= 15 is 0 Å². The second-order valence-electron chi connectivity index (χ2n) is 6.74. The average Bonchev–Trinajstić information content (AvgIpc) is 3.38. The second kappa shape index (κ2) is 6.45. The highest BCUT2D eigenvalue weighted by Crippen LogP contribution is 2.35. The van der Waals surface area contributed by atoms with Crippen LogP contribution in [0.1, 0.15) is 18.4 Å². The summed E-state index contributed by atoms with van der Waals surface area (Å²) in [5, 5.41) is 8.96. The van der Waals surface area contributed by atoms with E-state index in [0.29, 0.717) is 17.7 Å². The Morgan fingerprint density at radius 3 is 2.78 bits per heavy atom. The molecule has 27 heavy (non-hydrogen) atoms. The van der Waals surface area contributed by atoms with Crippen molar-refractivity contribution in [3.05, 3.63) is 63.4 Å². The summed E-state index contributed by atoms with van der Waals surface area (Å²) >= 11 is 3.67. The number of hydrogen-bond donors (Lipinski definition) is 0. The largest absolute Gasteiger partial charge is 0.370 e. The molecule has 0 saturated carbocycles. The standard InChI is InChI=1S/C19H17BrN6O/c20-14-5-6-15-16(17(14)24-8-1-2-9-24)18(27)25(19-23-22-12-26(15)19)11-13-4-3-7-21-10-13/h3-7,10,12H,1-2,8-9,11H2. The quantitative estimate of drug-likeness (QED) is 0.505. The molecule has 0 spiro atoms. The molecule has 7 nitrogen and oxygen atoms in total. The molecule has 1 aromatic carbocycles. The number of hydrogen-bond acceptors (Lipinski definition) is 5. The summed E-state index contributed by atoms with van der Waals surface area (Å²) in [6.45, 7) is 2.32. The van der Waals surface area contributed by atoms with Gasteiger partial charge in [-0.3, -0.25) is 18.7 Å². The van der Waals surface area contributed by atoms with Gasteiger partial charge in [0.1, 0.15) is 6.33 Å². The minimum atomic E-state index is -0.0578. The molecule has 0 unspecified atom stereocenters. The number of benzene rings is 1. The first kappa shape index (κ1) is 16.4. The van der Waals surface area contributed by atoms with Crippen molar-refractivity contribution in [2.75, 3.05) is 18.0 Å². The fraction of sp³-hybridized carbons (Fsp3) is 0.263. The van der Waals surface area contributed by atoms with Gasteiger partial charge in [0.05, 0.1) is 23.1 Å². The lowest BCUT2D eigenvalue weighted by Gasteiger charge is -2.22. The van der Waals surface area contributed by atoms with E-state index in [4.69, 9.17) is 0 Å². The molecule has 136 valence electrons. The van der Waals surface area contributed by atoms with E-state index in [0.717, 1.165) is 47.2 Å². The van der Waals surface area contributed by atoms with Crippen molar-refractivity contribution < 1.29 is 0 Å². The van der Waals surface area contributed by atoms with Crippen LogP contribution in [-0.2, 0) is 6.54 Å². The summed E-state index contributed by atoms with van der Waals surface area (Å²) in [6, 6.07) is 7.78. The smallest absolute Gasteiger partial charge is 0.265 e. The van der Waals surface area contributed by atoms with E-state index in [-0.39, 0.29) is 5.56 Å². The highest BCUT2D eigenvalue weighted by molar-refractivity contribution is 9.10. The predicted molar refractivity (Wildman–Crippen MR) is 107 cm³/mol. The Balaban J connectivity index is 1.84. The van der Waals surface area contributed by atoms with Crippen LogP contribution in [0, 0.1) is 0 Å². The number of rotatable bonds is 3. The zero-order valence-electron chi connectivity index (χ0n) is 14.5. The monoisotopic (exact) mass is 424 g/mol. The lowest BCUT2D eigenvalue weighted by Crippen LogP contribution is -2.27. The second-order valence-corrected chi connectivity index (χ2v) is 7.59. The third-order valence-electron chi connectivity index (χ3n) is 5.08. The number of nitrogens with zero attached hydrogens (tertiary/aromatic N) is 6. The van der Waals surface area contributed by atoms with Crippen LogP contribution in [0.25, 0.3) is 16.7 Å². The maximum Gasteiger partial charge on any atom is 0.265 e. The highest BCUT2D eigenvalue weighted by atomic mass is 79.9. The van der Waals surface area contributed by atoms with E-state index in [2.05, 4.69) is 36.0 Å². The van der Waals surface area contributed by atoms with E-state index in [1.54, 1.807) is 23.3 Å². The van der Waals surface area contributed by atoms with Crippen molar-refractivity contribution in [1.82, 2.24) is 24.1 Å². The van der Waals surface area contributed by atoms with Crippen LogP contribution in [0.5, 0.6) is 0 Å². The summed E-state index contributed by atoms with van der Waals surface area (Å²) in [7, 11) is 0. The lowest BCUT2D eigenvalue weighted by molar-refractivity contribution is 0.763. The Labute approximate surface area is 163 Å². The van der Waals surface area contributed by atoms with Crippen molar-refractivity contribution >= 4 is 38.3 Å². The van der Waals surface area contributed by atoms with Gasteiger partial charge in [-0.1, -0.05) is 6.07 Å². The van der Waals surface area contributed by atoms with Gasteiger partial charge in [0, 0.05) is 30.0 Å². The molecule has 5 rings (SSSR count). The number of pyridine rings is 1. The number of fused-ring (bicyclic) bond motifs is 3. The zero-order valence-corrected chi connectivity index (χ0v) is 16.1. The van der Waals surface area contributed by atoms with Crippen molar-refractivity contribution in [3.8, 4) is 0 Å². The van der Waals surface area contributed by atoms with Gasteiger partial charge in [0.15, 0.2) is 0 Å². The van der Waals surface area contributed by atoms with Crippen LogP contribution in [0.3, 0.4) is 0 Å². The first-order valence-corrected chi connectivity index (χ1v) is 9.72. The summed E-state index contributed by atoms with van der Waals surface area (Å²) in [4.78, 5) is 20.0. The molecule has 0 atom stereocenters. The Kier molecular flexibility index (Phi) is 3.93. The summed E-state index contributed by atoms with van der Waals surface area (Å²) in [5.74, 6) is 0.533. The fourth-order valence-corrected chi connectivity index (χ4v) is 4.42. The van der Waals surface area contributed by atoms with Gasteiger partial charge < -0.3 is 4.90 Å². The van der Waals surface area contributed by atoms with Crippen molar-refractivity contribution in [1.29, 1.82) is 0 Å². The van der Waals surface area contributed by atoms with E-state index < -0.39 is 0 Å². The molecule has 0 N–H and O–H groups in total. The summed E-state index contributed by atoms with van der Waals surface area (Å²) in [6.07, 6.45) is 7.44. The maximum atomic E-state index is 13.6.